The summed E-state index contributed by atoms with van der Waals surface area (Å²) in [5.41, 5.74) is 6.58. The fourth-order valence-electron chi connectivity index (χ4n) is 4.28. The summed E-state index contributed by atoms with van der Waals surface area (Å²) in [6, 6.07) is 11.5. The molecule has 0 amide bonds. The van der Waals surface area contributed by atoms with Gasteiger partial charge in [0, 0.05) is 56.4 Å². The number of hydrogen-bond acceptors (Lipinski definition) is 4. The van der Waals surface area contributed by atoms with Gasteiger partial charge in [-0.2, -0.15) is 0 Å². The fraction of sp³-hybridized carbons (Fsp3) is 0.381. The molecule has 0 N–H and O–H groups in total. The second kappa shape index (κ2) is 6.41. The maximum Gasteiger partial charge on any atom is 0.136 e. The minimum Gasteiger partial charge on any atom is -0.378 e. The largest absolute Gasteiger partial charge is 0.378 e. The first kappa shape index (κ1) is 15.9. The second-order valence-corrected chi connectivity index (χ2v) is 7.38. The zero-order chi connectivity index (χ0) is 17.5. The lowest BCUT2D eigenvalue weighted by Crippen LogP contribution is -2.36. The van der Waals surface area contributed by atoms with Crippen molar-refractivity contribution in [2.75, 3.05) is 44.8 Å². The Labute approximate surface area is 153 Å². The number of hydrogen-bond donors (Lipinski definition) is 0. The van der Waals surface area contributed by atoms with Crippen molar-refractivity contribution in [2.45, 2.75) is 12.5 Å². The summed E-state index contributed by atoms with van der Waals surface area (Å²) >= 11 is 0. The van der Waals surface area contributed by atoms with E-state index in [2.05, 4.69) is 62.8 Å². The molecule has 0 saturated carbocycles. The van der Waals surface area contributed by atoms with E-state index in [-0.39, 0.29) is 0 Å². The standard InChI is InChI=1S/C21H24N4O/c1-23-14-17-12-18(24-8-10-26-11-9-24)2-3-19(17)20(15-23)16-4-6-25-7-5-22-21(25)13-16/h2-7,12-13,20H,8-11,14-15H2,1H3. The first-order chi connectivity index (χ1) is 12.8. The molecular weight excluding hydrogens is 324 g/mol. The molecule has 1 unspecified atom stereocenters. The van der Waals surface area contributed by atoms with Crippen LogP contribution in [0, 0.1) is 0 Å². The molecule has 0 aliphatic carbocycles. The average Bonchev–Trinajstić information content (AvgIpc) is 3.15. The van der Waals surface area contributed by atoms with Crippen LogP contribution in [0.3, 0.4) is 0 Å². The highest BCUT2D eigenvalue weighted by molar-refractivity contribution is 5.55. The van der Waals surface area contributed by atoms with Gasteiger partial charge in [-0.1, -0.05) is 6.07 Å². The topological polar surface area (TPSA) is 33.0 Å². The molecule has 5 heteroatoms. The van der Waals surface area contributed by atoms with Crippen LogP contribution in [0.25, 0.3) is 5.65 Å². The van der Waals surface area contributed by atoms with Crippen LogP contribution in [0.4, 0.5) is 5.69 Å². The Hall–Kier alpha value is -2.37. The number of anilines is 1. The van der Waals surface area contributed by atoms with Crippen molar-refractivity contribution in [3.63, 3.8) is 0 Å². The molecule has 0 spiro atoms. The fourth-order valence-corrected chi connectivity index (χ4v) is 4.28. The molecule has 26 heavy (non-hydrogen) atoms. The summed E-state index contributed by atoms with van der Waals surface area (Å²) < 4.78 is 7.56. The number of aromatic nitrogens is 2. The summed E-state index contributed by atoms with van der Waals surface area (Å²) in [5.74, 6) is 0.393. The number of ether oxygens (including phenoxy) is 1. The maximum atomic E-state index is 5.50. The van der Waals surface area contributed by atoms with Crippen LogP contribution in [-0.2, 0) is 11.3 Å². The van der Waals surface area contributed by atoms with Gasteiger partial charge in [0.2, 0.25) is 0 Å². The van der Waals surface area contributed by atoms with E-state index in [9.17, 15) is 0 Å². The van der Waals surface area contributed by atoms with E-state index in [4.69, 9.17) is 4.74 Å². The highest BCUT2D eigenvalue weighted by Gasteiger charge is 2.26. The average molecular weight is 348 g/mol. The van der Waals surface area contributed by atoms with E-state index in [0.29, 0.717) is 5.92 Å². The molecule has 1 aromatic carbocycles. The Morgan fingerprint density at radius 2 is 1.96 bits per heavy atom. The van der Waals surface area contributed by atoms with Gasteiger partial charge in [0.1, 0.15) is 5.65 Å². The SMILES string of the molecule is CN1Cc2cc(N3CCOCC3)ccc2C(c2ccn3ccnc3c2)C1. The number of likely N-dealkylation sites (N-methyl/N-ethyl adjacent to an activating group) is 1. The van der Waals surface area contributed by atoms with E-state index in [1.54, 1.807) is 0 Å². The Morgan fingerprint density at radius 1 is 1.08 bits per heavy atom. The van der Waals surface area contributed by atoms with Crippen molar-refractivity contribution in [2.24, 2.45) is 0 Å². The highest BCUT2D eigenvalue weighted by Crippen LogP contribution is 2.35. The van der Waals surface area contributed by atoms with Gasteiger partial charge in [-0.25, -0.2) is 4.98 Å². The zero-order valence-electron chi connectivity index (χ0n) is 15.1. The van der Waals surface area contributed by atoms with Crippen LogP contribution >= 0.6 is 0 Å². The number of benzene rings is 1. The third kappa shape index (κ3) is 2.77. The summed E-state index contributed by atoms with van der Waals surface area (Å²) in [4.78, 5) is 9.31. The van der Waals surface area contributed by atoms with Crippen LogP contribution in [-0.4, -0.2) is 54.2 Å². The van der Waals surface area contributed by atoms with Crippen molar-refractivity contribution < 1.29 is 4.74 Å². The smallest absolute Gasteiger partial charge is 0.136 e. The molecule has 4 heterocycles. The number of pyridine rings is 1. The monoisotopic (exact) mass is 348 g/mol. The molecule has 2 aromatic heterocycles. The summed E-state index contributed by atoms with van der Waals surface area (Å²) in [6.45, 7) is 5.66. The van der Waals surface area contributed by atoms with E-state index in [1.807, 2.05) is 12.4 Å². The number of imidazole rings is 1. The minimum atomic E-state index is 0.393. The number of fused-ring (bicyclic) bond motifs is 2. The third-order valence-electron chi connectivity index (χ3n) is 5.64. The first-order valence-corrected chi connectivity index (χ1v) is 9.34. The molecule has 1 saturated heterocycles. The zero-order valence-corrected chi connectivity index (χ0v) is 15.1. The molecule has 5 nitrogen and oxygen atoms in total. The summed E-state index contributed by atoms with van der Waals surface area (Å²) in [6.07, 6.45) is 5.97. The van der Waals surface area contributed by atoms with Crippen molar-refractivity contribution in [1.29, 1.82) is 0 Å². The van der Waals surface area contributed by atoms with Gasteiger partial charge in [0.05, 0.1) is 13.2 Å². The van der Waals surface area contributed by atoms with E-state index in [1.165, 1.54) is 22.4 Å². The third-order valence-corrected chi connectivity index (χ3v) is 5.64. The predicted octanol–water partition coefficient (Wildman–Crippen LogP) is 2.75. The minimum absolute atomic E-state index is 0.393. The highest BCUT2D eigenvalue weighted by atomic mass is 16.5. The lowest BCUT2D eigenvalue weighted by Gasteiger charge is -2.35. The molecule has 0 radical (unpaired) electrons. The lowest BCUT2D eigenvalue weighted by molar-refractivity contribution is 0.122. The summed E-state index contributed by atoms with van der Waals surface area (Å²) in [5, 5.41) is 0. The predicted molar refractivity (Wildman–Crippen MR) is 103 cm³/mol. The number of rotatable bonds is 2. The van der Waals surface area contributed by atoms with Crippen molar-refractivity contribution in [1.82, 2.24) is 14.3 Å². The van der Waals surface area contributed by atoms with E-state index < -0.39 is 0 Å². The van der Waals surface area contributed by atoms with Crippen molar-refractivity contribution in [3.05, 3.63) is 65.6 Å². The number of nitrogens with zero attached hydrogens (tertiary/aromatic N) is 4. The van der Waals surface area contributed by atoms with Crippen LogP contribution in [0.1, 0.15) is 22.6 Å². The van der Waals surface area contributed by atoms with Crippen LogP contribution < -0.4 is 4.90 Å². The van der Waals surface area contributed by atoms with Crippen LogP contribution in [0.2, 0.25) is 0 Å². The lowest BCUT2D eigenvalue weighted by atomic mass is 9.85. The molecule has 1 atom stereocenters. The Kier molecular flexibility index (Phi) is 3.91. The molecule has 5 rings (SSSR count). The molecule has 0 bridgehead atoms. The molecule has 1 fully saturated rings. The normalized spacial score (nSPS) is 21.1. The van der Waals surface area contributed by atoms with Gasteiger partial charge in [0.25, 0.3) is 0 Å². The Balaban J connectivity index is 1.52. The number of morpholine rings is 1. The van der Waals surface area contributed by atoms with E-state index in [0.717, 1.165) is 45.0 Å². The van der Waals surface area contributed by atoms with Crippen LogP contribution in [0.5, 0.6) is 0 Å². The van der Waals surface area contributed by atoms with Crippen molar-refractivity contribution >= 4 is 11.3 Å². The van der Waals surface area contributed by atoms with Crippen LogP contribution in [0.15, 0.2) is 48.9 Å². The quantitative estimate of drug-likeness (QED) is 0.713. The maximum absolute atomic E-state index is 5.50. The molecule has 2 aliphatic rings. The van der Waals surface area contributed by atoms with Gasteiger partial charge in [-0.15, -0.1) is 0 Å². The first-order valence-electron chi connectivity index (χ1n) is 9.34. The summed E-state index contributed by atoms with van der Waals surface area (Å²) in [7, 11) is 2.21. The molecule has 3 aromatic rings. The molecule has 2 aliphatic heterocycles. The van der Waals surface area contributed by atoms with E-state index >= 15 is 0 Å². The van der Waals surface area contributed by atoms with Gasteiger partial charge < -0.3 is 18.9 Å². The molecule has 134 valence electrons. The van der Waals surface area contributed by atoms with Gasteiger partial charge in [0.15, 0.2) is 0 Å². The van der Waals surface area contributed by atoms with Gasteiger partial charge >= 0.3 is 0 Å². The van der Waals surface area contributed by atoms with Crippen molar-refractivity contribution in [3.8, 4) is 0 Å². The Morgan fingerprint density at radius 3 is 2.85 bits per heavy atom. The Bertz CT molecular complexity index is 929. The van der Waals surface area contributed by atoms with Gasteiger partial charge in [-0.05, 0) is 48.0 Å². The second-order valence-electron chi connectivity index (χ2n) is 7.38. The van der Waals surface area contributed by atoms with Gasteiger partial charge in [-0.3, -0.25) is 0 Å². The molecular formula is C21H24N4O.